The summed E-state index contributed by atoms with van der Waals surface area (Å²) in [6, 6.07) is 7.91. The predicted molar refractivity (Wildman–Crippen MR) is 128 cm³/mol. The van der Waals surface area contributed by atoms with Crippen LogP contribution >= 0.6 is 0 Å². The van der Waals surface area contributed by atoms with Gasteiger partial charge in [0, 0.05) is 57.7 Å². The molecule has 0 radical (unpaired) electrons. The summed E-state index contributed by atoms with van der Waals surface area (Å²) in [7, 11) is 1.61. The fraction of sp³-hybridized carbons (Fsp3) is 0.333. The van der Waals surface area contributed by atoms with E-state index < -0.39 is 0 Å². The number of aromatic amines is 1. The Hall–Kier alpha value is -3.72. The van der Waals surface area contributed by atoms with Crippen LogP contribution in [0.25, 0.3) is 16.6 Å². The summed E-state index contributed by atoms with van der Waals surface area (Å²) in [6.45, 7) is 6.42. The summed E-state index contributed by atoms with van der Waals surface area (Å²) < 4.78 is 1.90. The van der Waals surface area contributed by atoms with E-state index in [2.05, 4.69) is 30.1 Å². The first-order valence-corrected chi connectivity index (χ1v) is 11.2. The van der Waals surface area contributed by atoms with E-state index in [1.807, 2.05) is 48.0 Å². The molecule has 1 saturated heterocycles. The maximum atomic E-state index is 12.1. The third kappa shape index (κ3) is 4.07. The maximum Gasteiger partial charge on any atom is 0.271 e. The molecule has 4 aromatic heterocycles. The van der Waals surface area contributed by atoms with E-state index in [1.54, 1.807) is 13.4 Å². The minimum atomic E-state index is -0.183. The van der Waals surface area contributed by atoms with Crippen LogP contribution in [0.2, 0.25) is 0 Å². The zero-order valence-corrected chi connectivity index (χ0v) is 18.8. The number of carbonyl (C=O) groups is 1. The molecular weight excluding hydrogens is 418 g/mol. The van der Waals surface area contributed by atoms with E-state index in [0.717, 1.165) is 66.1 Å². The SMILES string of the molecule is CCc1cc2ncc(CN3CCN(c4ccc5c(C(=O)NC)ncn5c4)CC3)cc2[nH]c1=O. The molecule has 0 unspecified atom stereocenters. The van der Waals surface area contributed by atoms with Gasteiger partial charge < -0.3 is 19.6 Å². The number of amides is 1. The highest BCUT2D eigenvalue weighted by atomic mass is 16.1. The number of nitrogens with zero attached hydrogens (tertiary/aromatic N) is 5. The van der Waals surface area contributed by atoms with Crippen LogP contribution in [-0.2, 0) is 13.0 Å². The molecule has 9 heteroatoms. The Labute approximate surface area is 191 Å². The first-order valence-electron chi connectivity index (χ1n) is 11.2. The minimum Gasteiger partial charge on any atom is -0.368 e. The van der Waals surface area contributed by atoms with Crippen LogP contribution in [0, 0.1) is 0 Å². The van der Waals surface area contributed by atoms with Gasteiger partial charge in [0.1, 0.15) is 6.33 Å². The Morgan fingerprint density at radius 3 is 2.73 bits per heavy atom. The molecule has 9 nitrogen and oxygen atoms in total. The Morgan fingerprint density at radius 1 is 1.15 bits per heavy atom. The zero-order valence-electron chi connectivity index (χ0n) is 18.8. The molecule has 170 valence electrons. The van der Waals surface area contributed by atoms with Gasteiger partial charge in [-0.1, -0.05) is 6.92 Å². The van der Waals surface area contributed by atoms with E-state index in [0.29, 0.717) is 12.1 Å². The molecule has 4 aromatic rings. The molecule has 0 spiro atoms. The van der Waals surface area contributed by atoms with E-state index in [1.165, 1.54) is 0 Å². The van der Waals surface area contributed by atoms with Crippen molar-refractivity contribution in [3.05, 3.63) is 70.2 Å². The van der Waals surface area contributed by atoms with Gasteiger partial charge >= 0.3 is 0 Å². The van der Waals surface area contributed by atoms with Crippen molar-refractivity contribution in [2.24, 2.45) is 0 Å². The third-order valence-electron chi connectivity index (χ3n) is 6.31. The Bertz CT molecular complexity index is 1380. The summed E-state index contributed by atoms with van der Waals surface area (Å²) in [5.41, 5.74) is 5.78. The number of hydrogen-bond donors (Lipinski definition) is 2. The monoisotopic (exact) mass is 445 g/mol. The topological polar surface area (TPSA) is 98.6 Å². The average molecular weight is 446 g/mol. The fourth-order valence-corrected chi connectivity index (χ4v) is 4.41. The van der Waals surface area contributed by atoms with Crippen molar-refractivity contribution >= 4 is 28.1 Å². The average Bonchev–Trinajstić information content (AvgIpc) is 3.27. The lowest BCUT2D eigenvalue weighted by Gasteiger charge is -2.36. The van der Waals surface area contributed by atoms with Gasteiger partial charge in [0.15, 0.2) is 5.69 Å². The van der Waals surface area contributed by atoms with Crippen molar-refractivity contribution in [3.8, 4) is 0 Å². The molecule has 0 aromatic carbocycles. The molecule has 1 aliphatic rings. The van der Waals surface area contributed by atoms with Crippen molar-refractivity contribution < 1.29 is 4.79 Å². The predicted octanol–water partition coefficient (Wildman–Crippen LogP) is 1.81. The van der Waals surface area contributed by atoms with Gasteiger partial charge in [0.25, 0.3) is 11.5 Å². The van der Waals surface area contributed by atoms with Crippen LogP contribution in [0.1, 0.15) is 28.5 Å². The number of H-pyrrole nitrogens is 1. The molecule has 1 aliphatic heterocycles. The van der Waals surface area contributed by atoms with Crippen molar-refractivity contribution in [1.82, 2.24) is 29.6 Å². The second-order valence-electron chi connectivity index (χ2n) is 8.37. The van der Waals surface area contributed by atoms with Crippen molar-refractivity contribution in [3.63, 3.8) is 0 Å². The fourth-order valence-electron chi connectivity index (χ4n) is 4.41. The zero-order chi connectivity index (χ0) is 22.9. The summed E-state index contributed by atoms with van der Waals surface area (Å²) >= 11 is 0. The molecule has 1 fully saturated rings. The summed E-state index contributed by atoms with van der Waals surface area (Å²) in [5, 5.41) is 2.63. The number of anilines is 1. The van der Waals surface area contributed by atoms with Crippen LogP contribution in [0.5, 0.6) is 0 Å². The van der Waals surface area contributed by atoms with Crippen LogP contribution in [-0.4, -0.2) is 63.4 Å². The molecule has 5 rings (SSSR count). The summed E-state index contributed by atoms with van der Waals surface area (Å²) in [5.74, 6) is -0.183. The van der Waals surface area contributed by atoms with Gasteiger partial charge in [-0.2, -0.15) is 0 Å². The minimum absolute atomic E-state index is 0.0325. The molecule has 0 bridgehead atoms. The lowest BCUT2D eigenvalue weighted by atomic mass is 10.1. The van der Waals surface area contributed by atoms with Gasteiger partial charge in [0.05, 0.1) is 22.2 Å². The number of aromatic nitrogens is 4. The standard InChI is InChI=1S/C24H27N7O2/c1-3-17-11-19-20(28-23(17)32)10-16(12-26-19)13-29-6-8-30(9-7-29)18-4-5-21-22(24(33)25-2)27-15-31(21)14-18/h4-5,10-12,14-15H,3,6-9,13H2,1-2H3,(H,25,33)(H,28,32). The van der Waals surface area contributed by atoms with E-state index in [4.69, 9.17) is 0 Å². The van der Waals surface area contributed by atoms with E-state index >= 15 is 0 Å². The first kappa shape index (κ1) is 21.1. The molecule has 5 heterocycles. The van der Waals surface area contributed by atoms with Gasteiger partial charge in [-0.25, -0.2) is 4.98 Å². The summed E-state index contributed by atoms with van der Waals surface area (Å²) in [4.78, 5) is 40.6. The Kier molecular flexibility index (Phi) is 5.55. The Morgan fingerprint density at radius 2 is 1.97 bits per heavy atom. The van der Waals surface area contributed by atoms with Crippen molar-refractivity contribution in [1.29, 1.82) is 0 Å². The van der Waals surface area contributed by atoms with Crippen molar-refractivity contribution in [2.45, 2.75) is 19.9 Å². The number of piperazine rings is 1. The normalized spacial score (nSPS) is 14.8. The van der Waals surface area contributed by atoms with E-state index in [-0.39, 0.29) is 11.5 Å². The van der Waals surface area contributed by atoms with Gasteiger partial charge in [0.2, 0.25) is 0 Å². The lowest BCUT2D eigenvalue weighted by Crippen LogP contribution is -2.46. The Balaban J connectivity index is 1.25. The highest BCUT2D eigenvalue weighted by molar-refractivity contribution is 5.98. The molecule has 33 heavy (non-hydrogen) atoms. The number of aryl methyl sites for hydroxylation is 1. The third-order valence-corrected chi connectivity index (χ3v) is 6.31. The number of carbonyl (C=O) groups excluding carboxylic acids is 1. The van der Waals surface area contributed by atoms with Crippen LogP contribution in [0.4, 0.5) is 5.69 Å². The number of pyridine rings is 3. The largest absolute Gasteiger partial charge is 0.368 e. The quantitative estimate of drug-likeness (QED) is 0.486. The molecule has 2 N–H and O–H groups in total. The van der Waals surface area contributed by atoms with Gasteiger partial charge in [-0.15, -0.1) is 0 Å². The van der Waals surface area contributed by atoms with E-state index in [9.17, 15) is 9.59 Å². The number of imidazole rings is 1. The van der Waals surface area contributed by atoms with Crippen LogP contribution in [0.3, 0.4) is 0 Å². The highest BCUT2D eigenvalue weighted by Crippen LogP contribution is 2.21. The highest BCUT2D eigenvalue weighted by Gasteiger charge is 2.19. The molecule has 0 saturated carbocycles. The van der Waals surface area contributed by atoms with Gasteiger partial charge in [-0.05, 0) is 36.2 Å². The molecule has 0 aliphatic carbocycles. The lowest BCUT2D eigenvalue weighted by molar-refractivity contribution is 0.0960. The smallest absolute Gasteiger partial charge is 0.271 e. The second kappa shape index (κ2) is 8.67. The summed E-state index contributed by atoms with van der Waals surface area (Å²) in [6.07, 6.45) is 6.31. The first-order chi connectivity index (χ1) is 16.1. The molecular formula is C24H27N7O2. The van der Waals surface area contributed by atoms with Crippen LogP contribution < -0.4 is 15.8 Å². The number of rotatable bonds is 5. The van der Waals surface area contributed by atoms with Crippen LogP contribution in [0.15, 0.2) is 47.8 Å². The number of fused-ring (bicyclic) bond motifs is 2. The molecule has 0 atom stereocenters. The number of hydrogen-bond acceptors (Lipinski definition) is 6. The maximum absolute atomic E-state index is 12.1. The molecule has 1 amide bonds. The number of nitrogens with one attached hydrogen (secondary N) is 2. The second-order valence-corrected chi connectivity index (χ2v) is 8.37. The van der Waals surface area contributed by atoms with Gasteiger partial charge in [-0.3, -0.25) is 19.5 Å². The van der Waals surface area contributed by atoms with Crippen molar-refractivity contribution in [2.75, 3.05) is 38.1 Å².